The van der Waals surface area contributed by atoms with Gasteiger partial charge in [0.2, 0.25) is 0 Å². The molecular weight excluding hydrogens is 292 g/mol. The summed E-state index contributed by atoms with van der Waals surface area (Å²) in [6, 6.07) is 4.15. The molecule has 0 spiro atoms. The lowest BCUT2D eigenvalue weighted by atomic mass is 10.3. The van der Waals surface area contributed by atoms with Gasteiger partial charge in [0.05, 0.1) is 12.0 Å². The van der Waals surface area contributed by atoms with Crippen LogP contribution in [0.3, 0.4) is 0 Å². The van der Waals surface area contributed by atoms with Gasteiger partial charge >= 0.3 is 5.76 Å². The van der Waals surface area contributed by atoms with Crippen molar-refractivity contribution in [3.8, 4) is 5.75 Å². The van der Waals surface area contributed by atoms with Gasteiger partial charge in [0.25, 0.3) is 0 Å². The van der Waals surface area contributed by atoms with Crippen LogP contribution in [0.1, 0.15) is 0 Å². The van der Waals surface area contributed by atoms with E-state index < -0.39 is 15.5 Å². The Morgan fingerprint density at radius 1 is 1.53 bits per heavy atom. The maximum atomic E-state index is 12.4. The fraction of sp³-hybridized carbons (Fsp3) is 0.250. The third-order valence-electron chi connectivity index (χ3n) is 1.70. The first-order chi connectivity index (χ1) is 6.89. The van der Waals surface area contributed by atoms with E-state index >= 15 is 0 Å². The van der Waals surface area contributed by atoms with Crippen LogP contribution < -0.4 is 4.74 Å². The minimum atomic E-state index is -4.13. The summed E-state index contributed by atoms with van der Waals surface area (Å²) in [5.74, 6) is -3.21. The largest absolute Gasteiger partial charge is 0.495 e. The lowest BCUT2D eigenvalue weighted by molar-refractivity contribution is 0.240. The highest BCUT2D eigenvalue weighted by Crippen LogP contribution is 2.31. The molecule has 0 saturated heterocycles. The topological polar surface area (TPSA) is 50.1 Å². The van der Waals surface area contributed by atoms with Crippen LogP contribution in [-0.4, -0.2) is 17.1 Å². The Morgan fingerprint density at radius 3 is 2.60 bits per heavy atom. The van der Waals surface area contributed by atoms with E-state index in [0.717, 1.165) is 0 Å². The van der Waals surface area contributed by atoms with Crippen molar-refractivity contribution in [1.29, 1.82) is 4.78 Å². The standard InChI is InChI=1S/C8H8BrF2NO2S/c1-14-6-3-2-5(9)4-7(6)15(12,13)8(10)11/h2-4,8,12H,1H3. The summed E-state index contributed by atoms with van der Waals surface area (Å²) in [4.78, 5) is -0.297. The Balaban J connectivity index is 3.42. The smallest absolute Gasteiger partial charge is 0.323 e. The quantitative estimate of drug-likeness (QED) is 0.932. The molecule has 0 aliphatic rings. The molecule has 0 amide bonds. The van der Waals surface area contributed by atoms with E-state index in [9.17, 15) is 13.0 Å². The van der Waals surface area contributed by atoms with Gasteiger partial charge in [0, 0.05) is 4.47 Å². The average Bonchev–Trinajstić information content (AvgIpc) is 2.17. The molecule has 0 saturated carbocycles. The fourth-order valence-electron chi connectivity index (χ4n) is 0.983. The fourth-order valence-corrected chi connectivity index (χ4v) is 2.44. The van der Waals surface area contributed by atoms with Gasteiger partial charge in [-0.1, -0.05) is 15.9 Å². The Bertz CT molecular complexity index is 462. The van der Waals surface area contributed by atoms with E-state index in [4.69, 9.17) is 9.52 Å². The van der Waals surface area contributed by atoms with Crippen LogP contribution in [0.15, 0.2) is 27.6 Å². The van der Waals surface area contributed by atoms with Crippen LogP contribution in [-0.2, 0) is 9.73 Å². The van der Waals surface area contributed by atoms with Gasteiger partial charge in [-0.3, -0.25) is 0 Å². The molecule has 15 heavy (non-hydrogen) atoms. The third-order valence-corrected chi connectivity index (χ3v) is 3.67. The maximum absolute atomic E-state index is 12.4. The Kier molecular flexibility index (Phi) is 3.67. The molecule has 0 aliphatic heterocycles. The summed E-state index contributed by atoms with van der Waals surface area (Å²) >= 11 is 3.06. The predicted octanol–water partition coefficient (Wildman–Crippen LogP) is 3.09. The van der Waals surface area contributed by atoms with Crippen LogP contribution in [0.25, 0.3) is 0 Å². The van der Waals surface area contributed by atoms with E-state index in [1.165, 1.54) is 19.2 Å². The first kappa shape index (κ1) is 12.4. The minimum absolute atomic E-state index is 0.0264. The number of alkyl halides is 2. The van der Waals surface area contributed by atoms with Crippen LogP contribution >= 0.6 is 15.9 Å². The van der Waals surface area contributed by atoms with Crippen molar-refractivity contribution in [3.63, 3.8) is 0 Å². The monoisotopic (exact) mass is 299 g/mol. The normalized spacial score (nSPS) is 15.0. The van der Waals surface area contributed by atoms with Crippen molar-refractivity contribution in [3.05, 3.63) is 22.7 Å². The molecule has 7 heteroatoms. The molecule has 1 N–H and O–H groups in total. The minimum Gasteiger partial charge on any atom is -0.495 e. The summed E-state index contributed by atoms with van der Waals surface area (Å²) in [6.45, 7) is 0. The molecule has 84 valence electrons. The highest BCUT2D eigenvalue weighted by atomic mass is 79.9. The molecule has 0 bridgehead atoms. The van der Waals surface area contributed by atoms with E-state index in [2.05, 4.69) is 15.9 Å². The molecule has 1 aromatic rings. The van der Waals surface area contributed by atoms with Crippen molar-refractivity contribution in [2.45, 2.75) is 10.7 Å². The van der Waals surface area contributed by atoms with Crippen LogP contribution in [0.2, 0.25) is 0 Å². The molecule has 0 fully saturated rings. The number of ether oxygens (including phenoxy) is 1. The van der Waals surface area contributed by atoms with Crippen molar-refractivity contribution < 1.29 is 17.7 Å². The second-order valence-electron chi connectivity index (χ2n) is 2.66. The van der Waals surface area contributed by atoms with E-state index in [0.29, 0.717) is 4.47 Å². The number of benzene rings is 1. The number of halogens is 3. The van der Waals surface area contributed by atoms with Gasteiger partial charge in [-0.15, -0.1) is 0 Å². The van der Waals surface area contributed by atoms with E-state index in [-0.39, 0.29) is 10.6 Å². The van der Waals surface area contributed by atoms with Crippen molar-refractivity contribution >= 4 is 25.7 Å². The van der Waals surface area contributed by atoms with Crippen LogP contribution in [0.5, 0.6) is 5.75 Å². The SMILES string of the molecule is COc1ccc(Br)cc1S(=N)(=O)C(F)F. The number of rotatable bonds is 3. The molecule has 0 heterocycles. The Morgan fingerprint density at radius 2 is 2.13 bits per heavy atom. The molecule has 1 atom stereocenters. The van der Waals surface area contributed by atoms with Crippen LogP contribution in [0.4, 0.5) is 8.78 Å². The zero-order valence-corrected chi connectivity index (χ0v) is 10.1. The number of methoxy groups -OCH3 is 1. The van der Waals surface area contributed by atoms with E-state index in [1.54, 1.807) is 6.07 Å². The average molecular weight is 300 g/mol. The highest BCUT2D eigenvalue weighted by Gasteiger charge is 2.26. The third kappa shape index (κ3) is 2.46. The Hall–Kier alpha value is -0.690. The molecule has 0 aromatic heterocycles. The molecule has 0 aliphatic carbocycles. The first-order valence-corrected chi connectivity index (χ1v) is 6.20. The molecule has 1 aromatic carbocycles. The molecule has 1 unspecified atom stereocenters. The van der Waals surface area contributed by atoms with Gasteiger partial charge in [0.1, 0.15) is 15.5 Å². The predicted molar refractivity (Wildman–Crippen MR) is 55.8 cm³/mol. The summed E-state index contributed by atoms with van der Waals surface area (Å²) in [7, 11) is -2.86. The van der Waals surface area contributed by atoms with E-state index in [1.807, 2.05) is 0 Å². The van der Waals surface area contributed by atoms with Gasteiger partial charge in [-0.2, -0.15) is 8.78 Å². The lowest BCUT2D eigenvalue weighted by Gasteiger charge is -2.11. The first-order valence-electron chi connectivity index (χ1n) is 3.79. The number of nitrogens with one attached hydrogen (secondary N) is 1. The summed E-state index contributed by atoms with van der Waals surface area (Å²) in [5.41, 5.74) is 0. The number of hydrogen-bond donors (Lipinski definition) is 1. The molecule has 1 rings (SSSR count). The van der Waals surface area contributed by atoms with Gasteiger partial charge in [0.15, 0.2) is 0 Å². The zero-order valence-electron chi connectivity index (χ0n) is 7.67. The van der Waals surface area contributed by atoms with Gasteiger partial charge in [-0.25, -0.2) is 8.99 Å². The van der Waals surface area contributed by atoms with Gasteiger partial charge in [-0.05, 0) is 18.2 Å². The maximum Gasteiger partial charge on any atom is 0.323 e. The summed E-state index contributed by atoms with van der Waals surface area (Å²) in [5, 5.41) is 0. The van der Waals surface area contributed by atoms with Crippen LogP contribution in [0, 0.1) is 4.78 Å². The van der Waals surface area contributed by atoms with Crippen molar-refractivity contribution in [2.75, 3.05) is 7.11 Å². The van der Waals surface area contributed by atoms with Crippen molar-refractivity contribution in [2.24, 2.45) is 0 Å². The lowest BCUT2D eigenvalue weighted by Crippen LogP contribution is -2.11. The number of hydrogen-bond acceptors (Lipinski definition) is 3. The second kappa shape index (κ2) is 4.44. The summed E-state index contributed by atoms with van der Waals surface area (Å²) in [6.07, 6.45) is 0. The highest BCUT2D eigenvalue weighted by molar-refractivity contribution is 9.10. The van der Waals surface area contributed by atoms with Crippen molar-refractivity contribution in [1.82, 2.24) is 0 Å². The molecular formula is C8H8BrF2NO2S. The molecule has 0 radical (unpaired) electrons. The van der Waals surface area contributed by atoms with Gasteiger partial charge < -0.3 is 4.74 Å². The second-order valence-corrected chi connectivity index (χ2v) is 5.57. The Labute approximate surface area is 94.5 Å². The zero-order chi connectivity index (χ0) is 11.6. The molecule has 3 nitrogen and oxygen atoms in total. The summed E-state index contributed by atoms with van der Waals surface area (Å²) < 4.78 is 48.7.